The van der Waals surface area contributed by atoms with Crippen LogP contribution < -0.4 is 10.2 Å². The SMILES string of the molecule is C=CC(=C)/C=C(\NC)N(C(=C)C(C)CCC)c1ccc(F)cc1. The molecule has 2 nitrogen and oxygen atoms in total. The van der Waals surface area contributed by atoms with Crippen molar-refractivity contribution in [3.63, 3.8) is 0 Å². The molecule has 0 aromatic heterocycles. The second-order valence-corrected chi connectivity index (χ2v) is 5.55. The summed E-state index contributed by atoms with van der Waals surface area (Å²) in [7, 11) is 1.84. The van der Waals surface area contributed by atoms with E-state index in [1.54, 1.807) is 18.2 Å². The van der Waals surface area contributed by atoms with Crippen molar-refractivity contribution in [3.05, 3.63) is 79.1 Å². The van der Waals surface area contributed by atoms with Gasteiger partial charge in [0.2, 0.25) is 0 Å². The maximum absolute atomic E-state index is 13.3. The summed E-state index contributed by atoms with van der Waals surface area (Å²) in [5, 5.41) is 3.18. The van der Waals surface area contributed by atoms with E-state index in [1.807, 2.05) is 18.0 Å². The summed E-state index contributed by atoms with van der Waals surface area (Å²) in [5.41, 5.74) is 2.60. The van der Waals surface area contributed by atoms with Crippen molar-refractivity contribution in [1.29, 1.82) is 0 Å². The molecule has 1 rings (SSSR count). The summed E-state index contributed by atoms with van der Waals surface area (Å²) in [6.45, 7) is 16.3. The minimum Gasteiger partial charge on any atom is -0.374 e. The van der Waals surface area contributed by atoms with Crippen molar-refractivity contribution in [2.24, 2.45) is 5.92 Å². The molecule has 0 aliphatic rings. The number of halogens is 1. The van der Waals surface area contributed by atoms with Crippen molar-refractivity contribution >= 4 is 5.69 Å². The Bertz CT molecular complexity index is 584. The second-order valence-electron chi connectivity index (χ2n) is 5.55. The minimum atomic E-state index is -0.258. The summed E-state index contributed by atoms with van der Waals surface area (Å²) >= 11 is 0. The van der Waals surface area contributed by atoms with Crippen LogP contribution in [0.25, 0.3) is 0 Å². The molecule has 0 radical (unpaired) electrons. The minimum absolute atomic E-state index is 0.258. The molecule has 1 atom stereocenters. The third kappa shape index (κ3) is 5.13. The number of benzene rings is 1. The fourth-order valence-electron chi connectivity index (χ4n) is 2.35. The van der Waals surface area contributed by atoms with E-state index in [1.165, 1.54) is 12.1 Å². The monoisotopic (exact) mass is 314 g/mol. The van der Waals surface area contributed by atoms with Crippen molar-refractivity contribution in [3.8, 4) is 0 Å². The van der Waals surface area contributed by atoms with E-state index in [0.717, 1.165) is 35.6 Å². The molecule has 0 aliphatic carbocycles. The Balaban J connectivity index is 3.32. The predicted molar refractivity (Wildman–Crippen MR) is 98.6 cm³/mol. The molecule has 1 unspecified atom stereocenters. The van der Waals surface area contributed by atoms with Gasteiger partial charge in [-0.3, -0.25) is 0 Å². The van der Waals surface area contributed by atoms with Crippen LogP contribution in [-0.2, 0) is 0 Å². The van der Waals surface area contributed by atoms with Gasteiger partial charge in [0.1, 0.15) is 11.6 Å². The first-order valence-electron chi connectivity index (χ1n) is 7.89. The van der Waals surface area contributed by atoms with E-state index in [4.69, 9.17) is 0 Å². The lowest BCUT2D eigenvalue weighted by atomic mass is 10.0. The van der Waals surface area contributed by atoms with E-state index < -0.39 is 0 Å². The maximum Gasteiger partial charge on any atom is 0.123 e. The van der Waals surface area contributed by atoms with Crippen LogP contribution in [0.2, 0.25) is 0 Å². The molecule has 1 N–H and O–H groups in total. The van der Waals surface area contributed by atoms with E-state index in [9.17, 15) is 4.39 Å². The number of allylic oxidation sites excluding steroid dienone is 4. The van der Waals surface area contributed by atoms with Gasteiger partial charge in [-0.1, -0.05) is 46.1 Å². The molecular formula is C20H27FN2. The van der Waals surface area contributed by atoms with Crippen LogP contribution in [0.4, 0.5) is 10.1 Å². The molecule has 23 heavy (non-hydrogen) atoms. The van der Waals surface area contributed by atoms with E-state index >= 15 is 0 Å². The van der Waals surface area contributed by atoms with Crippen LogP contribution in [0, 0.1) is 11.7 Å². The average molecular weight is 314 g/mol. The lowest BCUT2D eigenvalue weighted by molar-refractivity contribution is 0.585. The zero-order valence-electron chi connectivity index (χ0n) is 14.4. The summed E-state index contributed by atoms with van der Waals surface area (Å²) in [6, 6.07) is 6.41. The van der Waals surface area contributed by atoms with Crippen LogP contribution in [0.15, 0.2) is 73.2 Å². The topological polar surface area (TPSA) is 15.3 Å². The van der Waals surface area contributed by atoms with Crippen LogP contribution in [0.3, 0.4) is 0 Å². The molecule has 1 aromatic rings. The quantitative estimate of drug-likeness (QED) is 0.615. The average Bonchev–Trinajstić information content (AvgIpc) is 2.55. The van der Waals surface area contributed by atoms with Crippen LogP contribution in [0.5, 0.6) is 0 Å². The third-order valence-corrected chi connectivity index (χ3v) is 3.74. The summed E-state index contributed by atoms with van der Waals surface area (Å²) < 4.78 is 13.3. The maximum atomic E-state index is 13.3. The number of rotatable bonds is 9. The molecule has 0 amide bonds. The van der Waals surface area contributed by atoms with Crippen molar-refractivity contribution in [1.82, 2.24) is 5.32 Å². The molecule has 1 aromatic carbocycles. The Kier molecular flexibility index (Phi) is 7.33. The van der Waals surface area contributed by atoms with E-state index in [-0.39, 0.29) is 5.82 Å². The van der Waals surface area contributed by atoms with Gasteiger partial charge in [0.05, 0.1) is 0 Å². The molecule has 0 heterocycles. The highest BCUT2D eigenvalue weighted by atomic mass is 19.1. The molecule has 0 fully saturated rings. The highest BCUT2D eigenvalue weighted by Gasteiger charge is 2.19. The predicted octanol–water partition coefficient (Wildman–Crippen LogP) is 5.39. The van der Waals surface area contributed by atoms with Gasteiger partial charge in [-0.2, -0.15) is 0 Å². The Hall–Kier alpha value is -2.29. The third-order valence-electron chi connectivity index (χ3n) is 3.74. The Morgan fingerprint density at radius 1 is 1.30 bits per heavy atom. The Labute approximate surface area is 139 Å². The highest BCUT2D eigenvalue weighted by molar-refractivity contribution is 5.58. The van der Waals surface area contributed by atoms with Crippen molar-refractivity contribution in [2.45, 2.75) is 26.7 Å². The summed E-state index contributed by atoms with van der Waals surface area (Å²) in [6.07, 6.45) is 5.71. The van der Waals surface area contributed by atoms with Crippen molar-refractivity contribution in [2.75, 3.05) is 11.9 Å². The van der Waals surface area contributed by atoms with Crippen LogP contribution in [-0.4, -0.2) is 7.05 Å². The molecule has 124 valence electrons. The van der Waals surface area contributed by atoms with Gasteiger partial charge in [-0.25, -0.2) is 4.39 Å². The highest BCUT2D eigenvalue weighted by Crippen LogP contribution is 2.29. The van der Waals surface area contributed by atoms with E-state index in [0.29, 0.717) is 5.92 Å². The number of anilines is 1. The van der Waals surface area contributed by atoms with Crippen molar-refractivity contribution < 1.29 is 4.39 Å². The first kappa shape index (κ1) is 18.8. The number of hydrogen-bond donors (Lipinski definition) is 1. The largest absolute Gasteiger partial charge is 0.374 e. The zero-order chi connectivity index (χ0) is 17.4. The molecule has 0 spiro atoms. The molecule has 0 saturated carbocycles. The van der Waals surface area contributed by atoms with Gasteiger partial charge in [0.15, 0.2) is 0 Å². The van der Waals surface area contributed by atoms with Gasteiger partial charge in [0.25, 0.3) is 0 Å². The second kappa shape index (κ2) is 8.99. The zero-order valence-corrected chi connectivity index (χ0v) is 14.4. The molecular weight excluding hydrogens is 287 g/mol. The normalized spacial score (nSPS) is 12.4. The van der Waals surface area contributed by atoms with Gasteiger partial charge in [-0.15, -0.1) is 0 Å². The van der Waals surface area contributed by atoms with E-state index in [2.05, 4.69) is 38.9 Å². The van der Waals surface area contributed by atoms with Gasteiger partial charge in [-0.05, 0) is 48.3 Å². The van der Waals surface area contributed by atoms with Gasteiger partial charge < -0.3 is 10.2 Å². The fraction of sp³-hybridized carbons (Fsp3) is 0.300. The van der Waals surface area contributed by atoms with Gasteiger partial charge in [0, 0.05) is 18.4 Å². The van der Waals surface area contributed by atoms with Gasteiger partial charge >= 0.3 is 0 Å². The molecule has 3 heteroatoms. The summed E-state index contributed by atoms with van der Waals surface area (Å²) in [5.74, 6) is 0.875. The lowest BCUT2D eigenvalue weighted by Crippen LogP contribution is -2.31. The molecule has 0 aliphatic heterocycles. The Morgan fingerprint density at radius 3 is 2.39 bits per heavy atom. The number of hydrogen-bond acceptors (Lipinski definition) is 2. The first-order chi connectivity index (χ1) is 10.9. The van der Waals surface area contributed by atoms with Crippen LogP contribution in [0.1, 0.15) is 26.7 Å². The summed E-state index contributed by atoms with van der Waals surface area (Å²) in [4.78, 5) is 2.01. The number of nitrogens with one attached hydrogen (secondary N) is 1. The fourth-order valence-corrected chi connectivity index (χ4v) is 2.35. The molecule has 0 bridgehead atoms. The molecule has 0 saturated heterocycles. The lowest BCUT2D eigenvalue weighted by Gasteiger charge is -2.32. The number of nitrogens with zero attached hydrogens (tertiary/aromatic N) is 1. The standard InChI is InChI=1S/C20H27FN2/c1-7-9-16(4)17(5)23(19-12-10-18(21)11-13-19)20(22-6)14-15(3)8-2/h8,10-14,16,22H,2-3,5,7,9H2,1,4,6H3/b20-14+. The smallest absolute Gasteiger partial charge is 0.123 e. The Morgan fingerprint density at radius 2 is 1.91 bits per heavy atom. The van der Waals surface area contributed by atoms with Crippen LogP contribution >= 0.6 is 0 Å². The first-order valence-corrected chi connectivity index (χ1v) is 7.89.